The Morgan fingerprint density at radius 1 is 1.21 bits per heavy atom. The third-order valence-corrected chi connectivity index (χ3v) is 4.15. The number of ether oxygens (including phenoxy) is 1. The lowest BCUT2D eigenvalue weighted by Crippen LogP contribution is -2.37. The highest BCUT2D eigenvalue weighted by atomic mass is 19.1. The summed E-state index contributed by atoms with van der Waals surface area (Å²) in [6.07, 6.45) is 1.98. The van der Waals surface area contributed by atoms with Crippen LogP contribution in [0.15, 0.2) is 36.4 Å². The van der Waals surface area contributed by atoms with Gasteiger partial charge in [-0.05, 0) is 36.8 Å². The fourth-order valence-corrected chi connectivity index (χ4v) is 2.93. The van der Waals surface area contributed by atoms with Gasteiger partial charge < -0.3 is 10.5 Å². The molecule has 0 radical (unpaired) electrons. The van der Waals surface area contributed by atoms with Crippen molar-refractivity contribution >= 4 is 10.8 Å². The van der Waals surface area contributed by atoms with Crippen molar-refractivity contribution in [2.45, 2.75) is 31.4 Å². The van der Waals surface area contributed by atoms with E-state index in [1.807, 2.05) is 25.1 Å². The highest BCUT2D eigenvalue weighted by Gasteiger charge is 2.37. The van der Waals surface area contributed by atoms with Crippen LogP contribution in [-0.4, -0.2) is 12.2 Å². The number of hydrogen-bond acceptors (Lipinski definition) is 2. The van der Waals surface area contributed by atoms with Crippen LogP contribution >= 0.6 is 0 Å². The molecule has 3 rings (SSSR count). The maximum atomic E-state index is 13.8. The molecule has 19 heavy (non-hydrogen) atoms. The van der Waals surface area contributed by atoms with E-state index in [0.29, 0.717) is 5.39 Å². The molecule has 0 aromatic heterocycles. The summed E-state index contributed by atoms with van der Waals surface area (Å²) in [5.41, 5.74) is 7.02. The van der Waals surface area contributed by atoms with E-state index in [1.165, 1.54) is 6.07 Å². The monoisotopic (exact) mass is 259 g/mol. The van der Waals surface area contributed by atoms with Crippen LogP contribution in [0.25, 0.3) is 10.8 Å². The lowest BCUT2D eigenvalue weighted by atomic mass is 9.86. The molecule has 1 fully saturated rings. The van der Waals surface area contributed by atoms with Crippen molar-refractivity contribution in [2.75, 3.05) is 6.61 Å². The fourth-order valence-electron chi connectivity index (χ4n) is 2.93. The Morgan fingerprint density at radius 3 is 2.63 bits per heavy atom. The third-order valence-electron chi connectivity index (χ3n) is 4.15. The predicted molar refractivity (Wildman–Crippen MR) is 74.4 cm³/mol. The Bertz CT molecular complexity index is 605. The van der Waals surface area contributed by atoms with E-state index in [1.54, 1.807) is 12.1 Å². The van der Waals surface area contributed by atoms with E-state index in [-0.39, 0.29) is 17.5 Å². The summed E-state index contributed by atoms with van der Waals surface area (Å²) in [6, 6.07) is 10.5. The van der Waals surface area contributed by atoms with Crippen molar-refractivity contribution in [1.29, 1.82) is 0 Å². The van der Waals surface area contributed by atoms with Crippen LogP contribution in [0, 0.1) is 5.82 Å². The predicted octanol–water partition coefficient (Wildman–Crippen LogP) is 3.55. The number of benzene rings is 2. The molecule has 3 heteroatoms. The van der Waals surface area contributed by atoms with E-state index < -0.39 is 0 Å². The Hall–Kier alpha value is -1.45. The molecule has 1 aliphatic rings. The van der Waals surface area contributed by atoms with Gasteiger partial charge in [-0.2, -0.15) is 0 Å². The van der Waals surface area contributed by atoms with Crippen LogP contribution in [0.3, 0.4) is 0 Å². The molecule has 2 aromatic rings. The minimum atomic E-state index is -0.347. The summed E-state index contributed by atoms with van der Waals surface area (Å²) in [7, 11) is 0. The van der Waals surface area contributed by atoms with Crippen LogP contribution < -0.4 is 5.73 Å². The van der Waals surface area contributed by atoms with Gasteiger partial charge in [-0.25, -0.2) is 4.39 Å². The molecular weight excluding hydrogens is 241 g/mol. The zero-order valence-corrected chi connectivity index (χ0v) is 11.0. The summed E-state index contributed by atoms with van der Waals surface area (Å²) in [5.74, 6) is -0.205. The average Bonchev–Trinajstić information content (AvgIpc) is 2.87. The zero-order valence-electron chi connectivity index (χ0n) is 11.0. The van der Waals surface area contributed by atoms with Crippen molar-refractivity contribution < 1.29 is 9.13 Å². The van der Waals surface area contributed by atoms with Crippen LogP contribution in [0.5, 0.6) is 0 Å². The number of fused-ring (bicyclic) bond motifs is 1. The number of hydrogen-bond donors (Lipinski definition) is 1. The van der Waals surface area contributed by atoms with Gasteiger partial charge in [0.25, 0.3) is 0 Å². The van der Waals surface area contributed by atoms with E-state index in [9.17, 15) is 4.39 Å². The summed E-state index contributed by atoms with van der Waals surface area (Å²) in [6.45, 7) is 2.80. The van der Waals surface area contributed by atoms with Crippen LogP contribution in [-0.2, 0) is 4.74 Å². The van der Waals surface area contributed by atoms with Crippen LogP contribution in [0.1, 0.15) is 31.4 Å². The maximum Gasteiger partial charge on any atom is 0.131 e. The zero-order chi connectivity index (χ0) is 13.5. The smallest absolute Gasteiger partial charge is 0.131 e. The highest BCUT2D eigenvalue weighted by molar-refractivity contribution is 5.86. The van der Waals surface area contributed by atoms with Crippen LogP contribution in [0.4, 0.5) is 4.39 Å². The van der Waals surface area contributed by atoms with E-state index in [2.05, 4.69) is 0 Å². The van der Waals surface area contributed by atoms with Gasteiger partial charge in [-0.3, -0.25) is 0 Å². The molecule has 2 aromatic carbocycles. The largest absolute Gasteiger partial charge is 0.373 e. The summed E-state index contributed by atoms with van der Waals surface area (Å²) in [5, 5.41) is 1.50. The Kier molecular flexibility index (Phi) is 3.03. The second-order valence-corrected chi connectivity index (χ2v) is 5.42. The van der Waals surface area contributed by atoms with Crippen molar-refractivity contribution in [3.05, 3.63) is 47.8 Å². The first-order valence-corrected chi connectivity index (χ1v) is 6.68. The number of halogens is 1. The van der Waals surface area contributed by atoms with Crippen molar-refractivity contribution in [3.8, 4) is 0 Å². The van der Waals surface area contributed by atoms with Crippen molar-refractivity contribution in [2.24, 2.45) is 5.73 Å². The average molecular weight is 259 g/mol. The van der Waals surface area contributed by atoms with Gasteiger partial charge in [-0.15, -0.1) is 0 Å². The van der Waals surface area contributed by atoms with Crippen LogP contribution in [0.2, 0.25) is 0 Å². The molecule has 1 heterocycles. The molecule has 0 spiro atoms. The standard InChI is InChI=1S/C16H18FNO/c1-16(9-4-10-19-16)15(18)13-7-8-14(17)12-6-3-2-5-11(12)13/h2-3,5-8,15H,4,9-10,18H2,1H3. The molecule has 1 saturated heterocycles. The molecular formula is C16H18FNO. The summed E-state index contributed by atoms with van der Waals surface area (Å²) < 4.78 is 19.6. The molecule has 0 amide bonds. The maximum absolute atomic E-state index is 13.8. The SMILES string of the molecule is CC1(C(N)c2ccc(F)c3ccccc23)CCCO1. The minimum Gasteiger partial charge on any atom is -0.373 e. The van der Waals surface area contributed by atoms with Gasteiger partial charge in [-0.1, -0.05) is 30.3 Å². The minimum absolute atomic E-state index is 0.205. The quantitative estimate of drug-likeness (QED) is 0.895. The fraction of sp³-hybridized carbons (Fsp3) is 0.375. The normalized spacial score (nSPS) is 24.8. The molecule has 0 bridgehead atoms. The van der Waals surface area contributed by atoms with Gasteiger partial charge in [0.15, 0.2) is 0 Å². The summed E-state index contributed by atoms with van der Waals surface area (Å²) in [4.78, 5) is 0. The number of rotatable bonds is 2. The molecule has 2 atom stereocenters. The second kappa shape index (κ2) is 4.58. The second-order valence-electron chi connectivity index (χ2n) is 5.42. The van der Waals surface area contributed by atoms with Crippen molar-refractivity contribution in [1.82, 2.24) is 0 Å². The van der Waals surface area contributed by atoms with E-state index in [0.717, 1.165) is 30.4 Å². The third kappa shape index (κ3) is 2.03. The lowest BCUT2D eigenvalue weighted by Gasteiger charge is -2.31. The highest BCUT2D eigenvalue weighted by Crippen LogP contribution is 2.38. The lowest BCUT2D eigenvalue weighted by molar-refractivity contribution is -0.00140. The molecule has 1 aliphatic heterocycles. The number of nitrogens with two attached hydrogens (primary N) is 1. The first-order valence-electron chi connectivity index (χ1n) is 6.68. The first kappa shape index (κ1) is 12.6. The molecule has 0 aliphatic carbocycles. The van der Waals surface area contributed by atoms with E-state index >= 15 is 0 Å². The van der Waals surface area contributed by atoms with Gasteiger partial charge in [0, 0.05) is 12.0 Å². The Labute approximate surface area is 112 Å². The molecule has 0 saturated carbocycles. The molecule has 2 unspecified atom stereocenters. The Balaban J connectivity index is 2.12. The van der Waals surface area contributed by atoms with Gasteiger partial charge in [0.05, 0.1) is 11.6 Å². The molecule has 2 nitrogen and oxygen atoms in total. The summed E-state index contributed by atoms with van der Waals surface area (Å²) >= 11 is 0. The van der Waals surface area contributed by atoms with Crippen molar-refractivity contribution in [3.63, 3.8) is 0 Å². The van der Waals surface area contributed by atoms with Gasteiger partial charge in [0.1, 0.15) is 5.82 Å². The first-order chi connectivity index (χ1) is 9.12. The van der Waals surface area contributed by atoms with Gasteiger partial charge >= 0.3 is 0 Å². The Morgan fingerprint density at radius 2 is 1.95 bits per heavy atom. The van der Waals surface area contributed by atoms with E-state index in [4.69, 9.17) is 10.5 Å². The molecule has 100 valence electrons. The topological polar surface area (TPSA) is 35.2 Å². The van der Waals surface area contributed by atoms with Gasteiger partial charge in [0.2, 0.25) is 0 Å². The molecule has 2 N–H and O–H groups in total.